The van der Waals surface area contributed by atoms with Crippen molar-refractivity contribution in [2.24, 2.45) is 0 Å². The number of carbonyl (C=O) groups is 3. The van der Waals surface area contributed by atoms with Gasteiger partial charge in [0.15, 0.2) is 0 Å². The Balaban J connectivity index is 1.47. The molecule has 0 spiro atoms. The molecule has 8 nitrogen and oxygen atoms in total. The van der Waals surface area contributed by atoms with Crippen LogP contribution in [0.15, 0.2) is 54.9 Å². The standard InChI is InChI=1S/C25H29N3O5/c1-27(20-10-14-32-18-20)22(29)15-25(19-7-3-2-4-8-19)16-23(30)28(24(25)31)12-6-13-33-21-9-5-11-26-17-21/h2-5,7-9,11,17,20H,6,10,12-16,18H2,1H3. The zero-order valence-electron chi connectivity index (χ0n) is 18.8. The summed E-state index contributed by atoms with van der Waals surface area (Å²) in [6.45, 7) is 1.71. The van der Waals surface area contributed by atoms with Crippen molar-refractivity contribution in [2.75, 3.05) is 33.4 Å². The summed E-state index contributed by atoms with van der Waals surface area (Å²) in [6, 6.07) is 12.8. The number of likely N-dealkylation sites (N-methyl/N-ethyl adjacent to an activating group) is 1. The van der Waals surface area contributed by atoms with Crippen LogP contribution in [0.25, 0.3) is 0 Å². The Morgan fingerprint density at radius 1 is 1.24 bits per heavy atom. The number of rotatable bonds is 9. The molecule has 2 aliphatic heterocycles. The Labute approximate surface area is 193 Å². The molecule has 0 N–H and O–H groups in total. The summed E-state index contributed by atoms with van der Waals surface area (Å²) in [5.74, 6) is -0.0913. The van der Waals surface area contributed by atoms with Crippen LogP contribution < -0.4 is 4.74 Å². The molecule has 1 aromatic carbocycles. The Hall–Kier alpha value is -3.26. The van der Waals surface area contributed by atoms with Crippen molar-refractivity contribution in [3.8, 4) is 5.75 Å². The quantitative estimate of drug-likeness (QED) is 0.429. The first kappa shape index (κ1) is 22.9. The summed E-state index contributed by atoms with van der Waals surface area (Å²) in [5, 5.41) is 0. The minimum atomic E-state index is -1.19. The van der Waals surface area contributed by atoms with Crippen molar-refractivity contribution in [3.05, 3.63) is 60.4 Å². The highest BCUT2D eigenvalue weighted by Crippen LogP contribution is 2.40. The largest absolute Gasteiger partial charge is 0.492 e. The Kier molecular flexibility index (Phi) is 7.03. The van der Waals surface area contributed by atoms with Crippen LogP contribution in [0.5, 0.6) is 5.75 Å². The molecule has 1 aromatic heterocycles. The maximum atomic E-state index is 13.6. The second-order valence-corrected chi connectivity index (χ2v) is 8.57. The number of carbonyl (C=O) groups excluding carboxylic acids is 3. The maximum Gasteiger partial charge on any atom is 0.240 e. The van der Waals surface area contributed by atoms with Gasteiger partial charge in [0.25, 0.3) is 0 Å². The lowest BCUT2D eigenvalue weighted by Crippen LogP contribution is -2.45. The smallest absolute Gasteiger partial charge is 0.240 e. The summed E-state index contributed by atoms with van der Waals surface area (Å²) >= 11 is 0. The molecule has 2 aromatic rings. The molecule has 2 atom stereocenters. The van der Waals surface area contributed by atoms with Gasteiger partial charge in [-0.15, -0.1) is 0 Å². The number of likely N-dealkylation sites (tertiary alicyclic amines) is 1. The fourth-order valence-corrected chi connectivity index (χ4v) is 4.51. The Bertz CT molecular complexity index is 978. The molecular weight excluding hydrogens is 422 g/mol. The Morgan fingerprint density at radius 3 is 2.76 bits per heavy atom. The molecule has 2 aliphatic rings. The number of imide groups is 1. The van der Waals surface area contributed by atoms with E-state index in [1.54, 1.807) is 36.5 Å². The topological polar surface area (TPSA) is 89.0 Å². The maximum absolute atomic E-state index is 13.6. The first-order valence-corrected chi connectivity index (χ1v) is 11.3. The second-order valence-electron chi connectivity index (χ2n) is 8.57. The van der Waals surface area contributed by atoms with Crippen LogP contribution >= 0.6 is 0 Å². The van der Waals surface area contributed by atoms with Crippen molar-refractivity contribution in [2.45, 2.75) is 37.1 Å². The van der Waals surface area contributed by atoms with Gasteiger partial charge in [-0.3, -0.25) is 24.3 Å². The van der Waals surface area contributed by atoms with Gasteiger partial charge in [0.1, 0.15) is 5.75 Å². The highest BCUT2D eigenvalue weighted by molar-refractivity contribution is 6.10. The van der Waals surface area contributed by atoms with E-state index in [2.05, 4.69) is 4.98 Å². The lowest BCUT2D eigenvalue weighted by molar-refractivity contribution is -0.143. The van der Waals surface area contributed by atoms with E-state index < -0.39 is 5.41 Å². The minimum absolute atomic E-state index is 0.00161. The van der Waals surface area contributed by atoms with Gasteiger partial charge in [-0.2, -0.15) is 0 Å². The molecule has 2 saturated heterocycles. The number of nitrogens with zero attached hydrogens (tertiary/aromatic N) is 3. The van der Waals surface area contributed by atoms with Crippen LogP contribution in [-0.2, 0) is 24.5 Å². The summed E-state index contributed by atoms with van der Waals surface area (Å²) in [7, 11) is 1.75. The van der Waals surface area contributed by atoms with Crippen LogP contribution in [0.2, 0.25) is 0 Å². The van der Waals surface area contributed by atoms with E-state index in [4.69, 9.17) is 9.47 Å². The van der Waals surface area contributed by atoms with Crippen LogP contribution in [0.1, 0.15) is 31.2 Å². The van der Waals surface area contributed by atoms with Gasteiger partial charge in [-0.05, 0) is 30.5 Å². The van der Waals surface area contributed by atoms with Crippen LogP contribution in [-0.4, -0.2) is 72.0 Å². The number of amides is 3. The SMILES string of the molecule is CN(C(=O)CC1(c2ccccc2)CC(=O)N(CCCOc2cccnc2)C1=O)C1CCOC1. The highest BCUT2D eigenvalue weighted by Gasteiger charge is 2.54. The van der Waals surface area contributed by atoms with Gasteiger partial charge in [-0.25, -0.2) is 0 Å². The van der Waals surface area contributed by atoms with Gasteiger partial charge >= 0.3 is 0 Å². The predicted molar refractivity (Wildman–Crippen MR) is 120 cm³/mol. The van der Waals surface area contributed by atoms with Crippen LogP contribution in [0, 0.1) is 0 Å². The number of pyridine rings is 1. The molecule has 0 bridgehead atoms. The third-order valence-electron chi connectivity index (χ3n) is 6.46. The first-order valence-electron chi connectivity index (χ1n) is 11.3. The molecule has 3 amide bonds. The van der Waals surface area contributed by atoms with Crippen molar-refractivity contribution in [1.29, 1.82) is 0 Å². The molecule has 0 radical (unpaired) electrons. The molecule has 0 saturated carbocycles. The molecule has 0 aliphatic carbocycles. The fraction of sp³-hybridized carbons (Fsp3) is 0.440. The molecule has 2 fully saturated rings. The summed E-state index contributed by atoms with van der Waals surface area (Å²) in [4.78, 5) is 46.7. The third-order valence-corrected chi connectivity index (χ3v) is 6.46. The lowest BCUT2D eigenvalue weighted by atomic mass is 9.75. The van der Waals surface area contributed by atoms with Crippen LogP contribution in [0.4, 0.5) is 0 Å². The number of hydrogen-bond acceptors (Lipinski definition) is 6. The lowest BCUT2D eigenvalue weighted by Gasteiger charge is -2.31. The van der Waals surface area contributed by atoms with E-state index in [1.807, 2.05) is 30.3 Å². The molecule has 4 rings (SSSR count). The molecule has 174 valence electrons. The van der Waals surface area contributed by atoms with Gasteiger partial charge in [0.2, 0.25) is 17.7 Å². The van der Waals surface area contributed by atoms with Gasteiger partial charge < -0.3 is 14.4 Å². The molecule has 8 heteroatoms. The van der Waals surface area contributed by atoms with E-state index in [9.17, 15) is 14.4 Å². The number of aromatic nitrogens is 1. The van der Waals surface area contributed by atoms with E-state index in [-0.39, 0.29) is 43.1 Å². The second kappa shape index (κ2) is 10.1. The Morgan fingerprint density at radius 2 is 2.06 bits per heavy atom. The number of benzene rings is 1. The fourth-order valence-electron chi connectivity index (χ4n) is 4.51. The van der Waals surface area contributed by atoms with E-state index >= 15 is 0 Å². The number of hydrogen-bond donors (Lipinski definition) is 0. The van der Waals surface area contributed by atoms with Crippen molar-refractivity contribution < 1.29 is 23.9 Å². The average Bonchev–Trinajstić information content (AvgIpc) is 3.46. The number of ether oxygens (including phenoxy) is 2. The molecule has 2 unspecified atom stereocenters. The summed E-state index contributed by atoms with van der Waals surface area (Å²) in [5.41, 5.74) is -0.491. The molecule has 3 heterocycles. The zero-order valence-corrected chi connectivity index (χ0v) is 18.8. The van der Waals surface area contributed by atoms with Gasteiger partial charge in [0, 0.05) is 39.2 Å². The highest BCUT2D eigenvalue weighted by atomic mass is 16.5. The van der Waals surface area contributed by atoms with E-state index in [0.717, 1.165) is 6.42 Å². The van der Waals surface area contributed by atoms with E-state index in [0.29, 0.717) is 37.6 Å². The third kappa shape index (κ3) is 4.90. The molecule has 33 heavy (non-hydrogen) atoms. The summed E-state index contributed by atoms with van der Waals surface area (Å²) in [6.07, 6.45) is 4.48. The van der Waals surface area contributed by atoms with Crippen LogP contribution in [0.3, 0.4) is 0 Å². The predicted octanol–water partition coefficient (Wildman–Crippen LogP) is 2.18. The monoisotopic (exact) mass is 451 g/mol. The van der Waals surface area contributed by atoms with E-state index in [1.165, 1.54) is 4.90 Å². The van der Waals surface area contributed by atoms with Crippen molar-refractivity contribution >= 4 is 17.7 Å². The first-order chi connectivity index (χ1) is 16.0. The van der Waals surface area contributed by atoms with Crippen molar-refractivity contribution in [3.63, 3.8) is 0 Å². The van der Waals surface area contributed by atoms with Gasteiger partial charge in [0.05, 0.1) is 30.9 Å². The summed E-state index contributed by atoms with van der Waals surface area (Å²) < 4.78 is 11.1. The minimum Gasteiger partial charge on any atom is -0.492 e. The molecular formula is C25H29N3O5. The zero-order chi connectivity index (χ0) is 23.3. The average molecular weight is 452 g/mol. The normalized spacial score (nSPS) is 22.6. The van der Waals surface area contributed by atoms with Crippen molar-refractivity contribution in [1.82, 2.24) is 14.8 Å². The van der Waals surface area contributed by atoms with Gasteiger partial charge in [-0.1, -0.05) is 30.3 Å².